The fraction of sp³-hybridized carbons (Fsp3) is 0.300. The largest absolute Gasteiger partial charge is 0.477 e. The van der Waals surface area contributed by atoms with Crippen molar-refractivity contribution in [3.8, 4) is 0 Å². The summed E-state index contributed by atoms with van der Waals surface area (Å²) in [4.78, 5) is 10.5. The molecule has 4 nitrogen and oxygen atoms in total. The molecular formula is C10H9F4NO3. The number of carboxylic acid groups (broad SMARTS) is 1. The van der Waals surface area contributed by atoms with Crippen LogP contribution in [-0.2, 0) is 0 Å². The Bertz CT molecular complexity index is 463. The van der Waals surface area contributed by atoms with Gasteiger partial charge in [0.2, 0.25) is 0 Å². The highest BCUT2D eigenvalue weighted by molar-refractivity contribution is 5.88. The molecule has 1 atom stereocenters. The van der Waals surface area contributed by atoms with Crippen LogP contribution in [0, 0.1) is 23.3 Å². The average Bonchev–Trinajstić information content (AvgIpc) is 2.27. The van der Waals surface area contributed by atoms with E-state index in [1.165, 1.54) is 7.05 Å². The molecule has 1 aromatic carbocycles. The highest BCUT2D eigenvalue weighted by Crippen LogP contribution is 2.28. The van der Waals surface area contributed by atoms with Crippen molar-refractivity contribution in [1.82, 2.24) is 5.32 Å². The third-order valence-electron chi connectivity index (χ3n) is 2.24. The number of nitrogens with one attached hydrogen (secondary N) is 1. The molecule has 0 spiro atoms. The van der Waals surface area contributed by atoms with E-state index in [0.717, 1.165) is 0 Å². The number of hydrogen-bond acceptors (Lipinski definition) is 3. The van der Waals surface area contributed by atoms with Gasteiger partial charge in [0.25, 0.3) is 0 Å². The summed E-state index contributed by atoms with van der Waals surface area (Å²) in [5, 5.41) is 20.1. The van der Waals surface area contributed by atoms with Crippen LogP contribution in [0.15, 0.2) is 0 Å². The zero-order chi connectivity index (χ0) is 14.0. The third-order valence-corrected chi connectivity index (χ3v) is 2.24. The molecule has 0 saturated heterocycles. The fourth-order valence-electron chi connectivity index (χ4n) is 1.42. The molecule has 0 amide bonds. The molecule has 1 aromatic rings. The molecule has 1 unspecified atom stereocenters. The van der Waals surface area contributed by atoms with Gasteiger partial charge in [-0.15, -0.1) is 0 Å². The van der Waals surface area contributed by atoms with Crippen LogP contribution in [0.3, 0.4) is 0 Å². The van der Waals surface area contributed by atoms with Gasteiger partial charge >= 0.3 is 5.97 Å². The van der Waals surface area contributed by atoms with E-state index in [0.29, 0.717) is 0 Å². The van der Waals surface area contributed by atoms with E-state index in [-0.39, 0.29) is 6.54 Å². The Hall–Kier alpha value is -1.67. The van der Waals surface area contributed by atoms with Crippen molar-refractivity contribution in [1.29, 1.82) is 0 Å². The van der Waals surface area contributed by atoms with Crippen molar-refractivity contribution in [3.05, 3.63) is 34.4 Å². The molecule has 100 valence electrons. The van der Waals surface area contributed by atoms with Crippen LogP contribution in [0.1, 0.15) is 22.0 Å². The number of likely N-dealkylation sites (N-methyl/N-ethyl adjacent to an activating group) is 1. The topological polar surface area (TPSA) is 69.6 Å². The Morgan fingerprint density at radius 3 is 1.94 bits per heavy atom. The number of carboxylic acids is 1. The zero-order valence-corrected chi connectivity index (χ0v) is 9.10. The maximum atomic E-state index is 13.4. The van der Waals surface area contributed by atoms with Gasteiger partial charge in [-0.05, 0) is 7.05 Å². The van der Waals surface area contributed by atoms with Crippen molar-refractivity contribution >= 4 is 5.97 Å². The van der Waals surface area contributed by atoms with E-state index < -0.39 is 46.5 Å². The van der Waals surface area contributed by atoms with Gasteiger partial charge in [-0.25, -0.2) is 22.4 Å². The lowest BCUT2D eigenvalue weighted by molar-refractivity contribution is 0.0682. The average molecular weight is 267 g/mol. The Balaban J connectivity index is 3.53. The second kappa shape index (κ2) is 5.32. The number of halogens is 4. The minimum Gasteiger partial charge on any atom is -0.477 e. The normalized spacial score (nSPS) is 12.6. The number of rotatable bonds is 4. The lowest BCUT2D eigenvalue weighted by atomic mass is 10.0. The first-order chi connectivity index (χ1) is 8.32. The summed E-state index contributed by atoms with van der Waals surface area (Å²) < 4.78 is 53.3. The highest BCUT2D eigenvalue weighted by atomic mass is 19.2. The van der Waals surface area contributed by atoms with Gasteiger partial charge in [-0.1, -0.05) is 0 Å². The molecule has 0 aromatic heterocycles. The molecule has 0 bridgehead atoms. The molecule has 0 fully saturated rings. The Kier molecular flexibility index (Phi) is 4.25. The maximum Gasteiger partial charge on any atom is 0.341 e. The summed E-state index contributed by atoms with van der Waals surface area (Å²) in [6, 6.07) is 0. The van der Waals surface area contributed by atoms with E-state index in [1.807, 2.05) is 0 Å². The number of carbonyl (C=O) groups is 1. The summed E-state index contributed by atoms with van der Waals surface area (Å²) in [5.74, 6) is -10.1. The van der Waals surface area contributed by atoms with Gasteiger partial charge < -0.3 is 15.5 Å². The van der Waals surface area contributed by atoms with Crippen molar-refractivity contribution in [2.24, 2.45) is 0 Å². The van der Waals surface area contributed by atoms with Crippen LogP contribution in [0.25, 0.3) is 0 Å². The molecule has 0 aliphatic carbocycles. The lowest BCUT2D eigenvalue weighted by Gasteiger charge is -2.14. The van der Waals surface area contributed by atoms with Gasteiger partial charge in [0.05, 0.1) is 11.7 Å². The van der Waals surface area contributed by atoms with Gasteiger partial charge in [0, 0.05) is 6.54 Å². The number of aliphatic hydroxyl groups is 1. The second-order valence-corrected chi connectivity index (χ2v) is 3.42. The van der Waals surface area contributed by atoms with Crippen LogP contribution in [-0.4, -0.2) is 29.8 Å². The third kappa shape index (κ3) is 2.29. The molecule has 8 heteroatoms. The molecule has 1 rings (SSSR count). The SMILES string of the molecule is CNCC(O)c1c(F)c(F)c(C(=O)O)c(F)c1F. The van der Waals surface area contributed by atoms with Gasteiger partial charge in [-0.2, -0.15) is 0 Å². The Morgan fingerprint density at radius 2 is 1.61 bits per heavy atom. The Morgan fingerprint density at radius 1 is 1.17 bits per heavy atom. The maximum absolute atomic E-state index is 13.4. The predicted molar refractivity (Wildman–Crippen MR) is 52.1 cm³/mol. The standard InChI is InChI=1S/C10H9F4NO3/c1-15-2-3(16)4-6(11)8(13)5(10(17)18)9(14)7(4)12/h3,15-16H,2H2,1H3,(H,17,18). The molecule has 0 aliphatic rings. The van der Waals surface area contributed by atoms with Crippen LogP contribution in [0.2, 0.25) is 0 Å². The predicted octanol–water partition coefficient (Wildman–Crippen LogP) is 1.19. The van der Waals surface area contributed by atoms with E-state index in [4.69, 9.17) is 5.11 Å². The molecule has 0 saturated carbocycles. The number of aliphatic hydroxyl groups excluding tert-OH is 1. The van der Waals surface area contributed by atoms with E-state index in [1.54, 1.807) is 0 Å². The zero-order valence-electron chi connectivity index (χ0n) is 9.10. The summed E-state index contributed by atoms with van der Waals surface area (Å²) in [5.41, 5.74) is -2.98. The van der Waals surface area contributed by atoms with Crippen molar-refractivity contribution in [2.75, 3.05) is 13.6 Å². The van der Waals surface area contributed by atoms with Gasteiger partial charge in [0.15, 0.2) is 23.3 Å². The molecular weight excluding hydrogens is 258 g/mol. The van der Waals surface area contributed by atoms with E-state index in [9.17, 15) is 27.5 Å². The van der Waals surface area contributed by atoms with E-state index >= 15 is 0 Å². The summed E-state index contributed by atoms with van der Waals surface area (Å²) in [6.07, 6.45) is -1.85. The molecule has 0 heterocycles. The van der Waals surface area contributed by atoms with Crippen molar-refractivity contribution in [2.45, 2.75) is 6.10 Å². The fourth-order valence-corrected chi connectivity index (χ4v) is 1.42. The number of aromatic carboxylic acids is 1. The minimum absolute atomic E-state index is 0.362. The summed E-state index contributed by atoms with van der Waals surface area (Å²) in [7, 11) is 1.34. The van der Waals surface area contributed by atoms with Crippen LogP contribution >= 0.6 is 0 Å². The monoisotopic (exact) mass is 267 g/mol. The highest BCUT2D eigenvalue weighted by Gasteiger charge is 2.31. The van der Waals surface area contributed by atoms with Gasteiger partial charge in [0.1, 0.15) is 5.56 Å². The van der Waals surface area contributed by atoms with E-state index in [2.05, 4.69) is 5.32 Å². The van der Waals surface area contributed by atoms with Crippen LogP contribution in [0.4, 0.5) is 17.6 Å². The first kappa shape index (κ1) is 14.4. The van der Waals surface area contributed by atoms with Crippen molar-refractivity contribution < 1.29 is 32.6 Å². The number of hydrogen-bond donors (Lipinski definition) is 3. The van der Waals surface area contributed by atoms with Gasteiger partial charge in [-0.3, -0.25) is 0 Å². The minimum atomic E-state index is -2.14. The first-order valence-corrected chi connectivity index (χ1v) is 4.74. The van der Waals surface area contributed by atoms with Crippen LogP contribution < -0.4 is 5.32 Å². The smallest absolute Gasteiger partial charge is 0.341 e. The molecule has 18 heavy (non-hydrogen) atoms. The number of benzene rings is 1. The summed E-state index contributed by atoms with van der Waals surface area (Å²) >= 11 is 0. The molecule has 3 N–H and O–H groups in total. The summed E-state index contributed by atoms with van der Waals surface area (Å²) in [6.45, 7) is -0.362. The lowest BCUT2D eigenvalue weighted by Crippen LogP contribution is -2.22. The molecule has 0 aliphatic heterocycles. The second-order valence-electron chi connectivity index (χ2n) is 3.42. The van der Waals surface area contributed by atoms with Crippen LogP contribution in [0.5, 0.6) is 0 Å². The Labute approximate surface area is 98.9 Å². The molecule has 0 radical (unpaired) electrons. The first-order valence-electron chi connectivity index (χ1n) is 4.74. The van der Waals surface area contributed by atoms with Crippen molar-refractivity contribution in [3.63, 3.8) is 0 Å². The quantitative estimate of drug-likeness (QED) is 0.566.